The van der Waals surface area contributed by atoms with Gasteiger partial charge in [0.15, 0.2) is 0 Å². The maximum absolute atomic E-state index is 13.1. The molecule has 2 aromatic rings. The van der Waals surface area contributed by atoms with E-state index in [0.29, 0.717) is 5.56 Å². The molecule has 6 nitrogen and oxygen atoms in total. The second-order valence-electron chi connectivity index (χ2n) is 4.96. The van der Waals surface area contributed by atoms with E-state index in [1.807, 2.05) is 6.07 Å². The molecule has 0 aliphatic carbocycles. The molecule has 0 bridgehead atoms. The first-order valence-corrected chi connectivity index (χ1v) is 8.29. The number of nitrogens with zero attached hydrogens (tertiary/aromatic N) is 2. The van der Waals surface area contributed by atoms with Crippen LogP contribution in [-0.2, 0) is 14.8 Å². The van der Waals surface area contributed by atoms with Crippen LogP contribution in [0.25, 0.3) is 0 Å². The molecule has 0 aliphatic heterocycles. The van der Waals surface area contributed by atoms with E-state index in [9.17, 15) is 17.6 Å². The first kappa shape index (κ1) is 17.6. The molecule has 0 atom stereocenters. The van der Waals surface area contributed by atoms with Gasteiger partial charge in [0.25, 0.3) is 0 Å². The van der Waals surface area contributed by atoms with Crippen molar-refractivity contribution in [1.29, 1.82) is 5.26 Å². The van der Waals surface area contributed by atoms with Gasteiger partial charge in [0.1, 0.15) is 5.82 Å². The molecular weight excluding hydrogens is 333 g/mol. The summed E-state index contributed by atoms with van der Waals surface area (Å²) >= 11 is 0. The van der Waals surface area contributed by atoms with Crippen LogP contribution in [0, 0.1) is 17.1 Å². The number of nitriles is 1. The van der Waals surface area contributed by atoms with Crippen molar-refractivity contribution >= 4 is 21.6 Å². The van der Waals surface area contributed by atoms with E-state index >= 15 is 0 Å². The highest BCUT2D eigenvalue weighted by Crippen LogP contribution is 2.15. The molecule has 0 aliphatic rings. The van der Waals surface area contributed by atoms with Crippen LogP contribution in [0.15, 0.2) is 53.4 Å². The number of hydrogen-bond acceptors (Lipinski definition) is 4. The topological polar surface area (TPSA) is 90.3 Å². The van der Waals surface area contributed by atoms with Crippen LogP contribution in [0.1, 0.15) is 5.56 Å². The Balaban J connectivity index is 2.08. The number of sulfonamides is 1. The summed E-state index contributed by atoms with van der Waals surface area (Å²) in [6, 6.07) is 12.6. The van der Waals surface area contributed by atoms with Gasteiger partial charge in [-0.1, -0.05) is 6.07 Å². The fourth-order valence-electron chi connectivity index (χ4n) is 1.94. The molecule has 0 fully saturated rings. The van der Waals surface area contributed by atoms with E-state index in [0.717, 1.165) is 10.4 Å². The second-order valence-corrected chi connectivity index (χ2v) is 7.00. The number of carbonyl (C=O) groups excluding carboxylic acids is 1. The Hall–Kier alpha value is -2.76. The van der Waals surface area contributed by atoms with E-state index < -0.39 is 28.3 Å². The fraction of sp³-hybridized carbons (Fsp3) is 0.125. The van der Waals surface area contributed by atoms with Gasteiger partial charge in [-0.15, -0.1) is 0 Å². The number of likely N-dealkylation sites (N-methyl/N-ethyl adjacent to an activating group) is 1. The maximum atomic E-state index is 13.1. The normalized spacial score (nSPS) is 11.1. The fourth-order valence-corrected chi connectivity index (χ4v) is 3.06. The molecule has 0 spiro atoms. The third kappa shape index (κ3) is 4.16. The zero-order valence-electron chi connectivity index (χ0n) is 12.7. The molecule has 0 saturated carbocycles. The zero-order chi connectivity index (χ0) is 17.7. The third-order valence-corrected chi connectivity index (χ3v) is 4.98. The van der Waals surface area contributed by atoms with Crippen LogP contribution in [0.5, 0.6) is 0 Å². The Morgan fingerprint density at radius 1 is 1.25 bits per heavy atom. The van der Waals surface area contributed by atoms with Gasteiger partial charge in [0, 0.05) is 12.7 Å². The van der Waals surface area contributed by atoms with Gasteiger partial charge >= 0.3 is 0 Å². The lowest BCUT2D eigenvalue weighted by Crippen LogP contribution is -2.35. The average Bonchev–Trinajstić information content (AvgIpc) is 2.54. The molecule has 0 unspecified atom stereocenters. The van der Waals surface area contributed by atoms with Crippen molar-refractivity contribution in [2.75, 3.05) is 18.9 Å². The monoisotopic (exact) mass is 347 g/mol. The summed E-state index contributed by atoms with van der Waals surface area (Å²) in [6.45, 7) is -0.432. The van der Waals surface area contributed by atoms with E-state index in [1.165, 1.54) is 49.5 Å². The summed E-state index contributed by atoms with van der Waals surface area (Å²) in [6.07, 6.45) is 0. The lowest BCUT2D eigenvalue weighted by atomic mass is 10.2. The summed E-state index contributed by atoms with van der Waals surface area (Å²) in [7, 11) is -2.61. The minimum atomic E-state index is -3.87. The predicted octanol–water partition coefficient (Wildman–Crippen LogP) is 1.96. The minimum absolute atomic E-state index is 0.0254. The van der Waals surface area contributed by atoms with Crippen molar-refractivity contribution in [2.45, 2.75) is 4.90 Å². The lowest BCUT2D eigenvalue weighted by Gasteiger charge is -2.17. The average molecular weight is 347 g/mol. The molecule has 2 aromatic carbocycles. The van der Waals surface area contributed by atoms with Gasteiger partial charge in [-0.3, -0.25) is 4.79 Å². The van der Waals surface area contributed by atoms with Crippen molar-refractivity contribution in [3.8, 4) is 6.07 Å². The van der Waals surface area contributed by atoms with E-state index in [2.05, 4.69) is 5.32 Å². The van der Waals surface area contributed by atoms with Gasteiger partial charge in [0.2, 0.25) is 15.9 Å². The number of hydrogen-bond donors (Lipinski definition) is 1. The smallest absolute Gasteiger partial charge is 0.243 e. The first-order valence-electron chi connectivity index (χ1n) is 6.85. The molecule has 0 radical (unpaired) electrons. The molecule has 0 saturated heterocycles. The number of anilines is 1. The molecule has 24 heavy (non-hydrogen) atoms. The molecule has 0 aromatic heterocycles. The van der Waals surface area contributed by atoms with Crippen LogP contribution >= 0.6 is 0 Å². The van der Waals surface area contributed by atoms with E-state index in [4.69, 9.17) is 5.26 Å². The molecule has 1 N–H and O–H groups in total. The van der Waals surface area contributed by atoms with Crippen LogP contribution in [0.3, 0.4) is 0 Å². The zero-order valence-corrected chi connectivity index (χ0v) is 13.5. The van der Waals surface area contributed by atoms with Crippen LogP contribution in [0.4, 0.5) is 10.1 Å². The van der Waals surface area contributed by atoms with Gasteiger partial charge < -0.3 is 5.32 Å². The molecule has 124 valence electrons. The number of nitrogens with one attached hydrogen (secondary N) is 1. The summed E-state index contributed by atoms with van der Waals surface area (Å²) < 4.78 is 38.7. The summed E-state index contributed by atoms with van der Waals surface area (Å²) in [5.41, 5.74) is 0.574. The van der Waals surface area contributed by atoms with Crippen LogP contribution in [-0.4, -0.2) is 32.2 Å². The number of amides is 1. The highest BCUT2D eigenvalue weighted by Gasteiger charge is 2.23. The minimum Gasteiger partial charge on any atom is -0.325 e. The summed E-state index contributed by atoms with van der Waals surface area (Å²) in [5.74, 6) is -1.10. The number of halogens is 1. The van der Waals surface area contributed by atoms with Gasteiger partial charge in [-0.2, -0.15) is 9.57 Å². The quantitative estimate of drug-likeness (QED) is 0.895. The molecule has 1 amide bonds. The van der Waals surface area contributed by atoms with Gasteiger partial charge in [-0.25, -0.2) is 12.8 Å². The van der Waals surface area contributed by atoms with Crippen molar-refractivity contribution in [3.63, 3.8) is 0 Å². The summed E-state index contributed by atoms with van der Waals surface area (Å²) in [4.78, 5) is 11.9. The van der Waals surface area contributed by atoms with Crippen LogP contribution < -0.4 is 5.32 Å². The maximum Gasteiger partial charge on any atom is 0.243 e. The molecule has 2 rings (SSSR count). The van der Waals surface area contributed by atoms with E-state index in [-0.39, 0.29) is 10.6 Å². The summed E-state index contributed by atoms with van der Waals surface area (Å²) in [5, 5.41) is 11.2. The van der Waals surface area contributed by atoms with Crippen molar-refractivity contribution in [2.24, 2.45) is 0 Å². The molecular formula is C16H14FN3O3S. The molecule has 0 heterocycles. The Morgan fingerprint density at radius 3 is 2.50 bits per heavy atom. The number of benzene rings is 2. The van der Waals surface area contributed by atoms with Gasteiger partial charge in [-0.05, 0) is 42.5 Å². The Bertz CT molecular complexity index is 890. The van der Waals surface area contributed by atoms with Crippen molar-refractivity contribution in [1.82, 2.24) is 4.31 Å². The highest BCUT2D eigenvalue weighted by atomic mass is 32.2. The molecule has 8 heteroatoms. The van der Waals surface area contributed by atoms with Crippen molar-refractivity contribution in [3.05, 3.63) is 59.9 Å². The number of carbonyl (C=O) groups is 1. The first-order chi connectivity index (χ1) is 11.3. The Kier molecular flexibility index (Phi) is 5.28. The standard InChI is InChI=1S/C16H14FN3O3S/c1-20(11-16(21)19-14-4-2-3-13(17)9-14)24(22,23)15-7-5-12(10-18)6-8-15/h2-9H,11H2,1H3,(H,19,21). The van der Waals surface area contributed by atoms with Crippen LogP contribution in [0.2, 0.25) is 0 Å². The lowest BCUT2D eigenvalue weighted by molar-refractivity contribution is -0.116. The predicted molar refractivity (Wildman–Crippen MR) is 86.0 cm³/mol. The van der Waals surface area contributed by atoms with E-state index in [1.54, 1.807) is 0 Å². The Morgan fingerprint density at radius 2 is 1.92 bits per heavy atom. The SMILES string of the molecule is CN(CC(=O)Nc1cccc(F)c1)S(=O)(=O)c1ccc(C#N)cc1. The third-order valence-electron chi connectivity index (χ3n) is 3.17. The van der Waals surface area contributed by atoms with Gasteiger partial charge in [0.05, 0.1) is 23.1 Å². The number of rotatable bonds is 5. The largest absolute Gasteiger partial charge is 0.325 e. The van der Waals surface area contributed by atoms with Crippen molar-refractivity contribution < 1.29 is 17.6 Å². The second kappa shape index (κ2) is 7.21. The highest BCUT2D eigenvalue weighted by molar-refractivity contribution is 7.89. The Labute approximate surface area is 139 Å².